The fourth-order valence-electron chi connectivity index (χ4n) is 1.12. The second kappa shape index (κ2) is 3.21. The van der Waals surface area contributed by atoms with Crippen LogP contribution in [0.2, 0.25) is 0 Å². The Morgan fingerprint density at radius 3 is 2.85 bits per heavy atom. The molecule has 0 amide bonds. The number of ether oxygens (including phenoxy) is 1. The van der Waals surface area contributed by atoms with E-state index in [0.29, 0.717) is 19.0 Å². The number of anilines is 1. The summed E-state index contributed by atoms with van der Waals surface area (Å²) in [6.07, 6.45) is -0.432. The molecule has 0 bridgehead atoms. The molecule has 0 atom stereocenters. The number of aromatic amines is 1. The zero-order valence-corrected chi connectivity index (χ0v) is 6.52. The van der Waals surface area contributed by atoms with Crippen LogP contribution in [0.15, 0.2) is 0 Å². The lowest BCUT2D eigenvalue weighted by Crippen LogP contribution is -2.53. The summed E-state index contributed by atoms with van der Waals surface area (Å²) in [4.78, 5) is 1.69. The van der Waals surface area contributed by atoms with Gasteiger partial charge in [0.2, 0.25) is 0 Å². The zero-order chi connectivity index (χ0) is 9.26. The van der Waals surface area contributed by atoms with Crippen LogP contribution in [0.25, 0.3) is 0 Å². The first kappa shape index (κ1) is 8.30. The molecule has 1 aromatic heterocycles. The summed E-state index contributed by atoms with van der Waals surface area (Å²) in [5.74, 6) is 0.411. The van der Waals surface area contributed by atoms with E-state index in [1.54, 1.807) is 4.90 Å². The highest BCUT2D eigenvalue weighted by molar-refractivity contribution is 5.31. The Morgan fingerprint density at radius 2 is 2.31 bits per heavy atom. The van der Waals surface area contributed by atoms with Gasteiger partial charge in [0.15, 0.2) is 0 Å². The van der Waals surface area contributed by atoms with Crippen molar-refractivity contribution in [3.05, 3.63) is 0 Å². The van der Waals surface area contributed by atoms with Gasteiger partial charge in [-0.25, -0.2) is 0 Å². The van der Waals surface area contributed by atoms with Crippen LogP contribution >= 0.6 is 0 Å². The molecule has 1 N–H and O–H groups in total. The molecule has 1 fully saturated rings. The fraction of sp³-hybridized carbons (Fsp3) is 0.800. The van der Waals surface area contributed by atoms with Crippen molar-refractivity contribution < 1.29 is 13.5 Å². The van der Waals surface area contributed by atoms with Gasteiger partial charge in [-0.3, -0.25) is 0 Å². The number of aromatic nitrogens is 4. The van der Waals surface area contributed by atoms with E-state index in [4.69, 9.17) is 0 Å². The number of alkyl halides is 2. The molecule has 6 nitrogen and oxygen atoms in total. The number of halogens is 2. The van der Waals surface area contributed by atoms with Crippen LogP contribution in [-0.4, -0.2) is 46.4 Å². The minimum absolute atomic E-state index is 0.379. The fourth-order valence-corrected chi connectivity index (χ4v) is 1.12. The highest BCUT2D eigenvalue weighted by atomic mass is 19.3. The average Bonchev–Trinajstić information content (AvgIpc) is 2.46. The molecule has 1 saturated heterocycles. The van der Waals surface area contributed by atoms with E-state index in [1.165, 1.54) is 0 Å². The Bertz CT molecular complexity index is 260. The molecule has 1 aliphatic heterocycles. The first-order valence-electron chi connectivity index (χ1n) is 3.67. The molecule has 0 spiro atoms. The van der Waals surface area contributed by atoms with Gasteiger partial charge >= 0.3 is 6.61 Å². The van der Waals surface area contributed by atoms with Gasteiger partial charge in [-0.15, -0.1) is 5.10 Å². The standard InChI is InChI=1S/C5H7F2N5O/c6-4(7)13-3-1-12(2-3)5-8-10-11-9-5/h3-4H,1-2H2,(H,8,9,10,11). The van der Waals surface area contributed by atoms with Crippen molar-refractivity contribution in [3.63, 3.8) is 0 Å². The molecule has 0 radical (unpaired) electrons. The van der Waals surface area contributed by atoms with Crippen molar-refractivity contribution in [2.45, 2.75) is 12.7 Å². The van der Waals surface area contributed by atoms with Gasteiger partial charge in [0.1, 0.15) is 0 Å². The lowest BCUT2D eigenvalue weighted by molar-refractivity contribution is -0.167. The maximum Gasteiger partial charge on any atom is 0.345 e. The van der Waals surface area contributed by atoms with Crippen molar-refractivity contribution in [3.8, 4) is 0 Å². The van der Waals surface area contributed by atoms with Crippen LogP contribution in [-0.2, 0) is 4.74 Å². The van der Waals surface area contributed by atoms with Crippen molar-refractivity contribution in [1.82, 2.24) is 20.6 Å². The van der Waals surface area contributed by atoms with Crippen molar-refractivity contribution in [1.29, 1.82) is 0 Å². The lowest BCUT2D eigenvalue weighted by Gasteiger charge is -2.37. The Kier molecular flexibility index (Phi) is 2.05. The van der Waals surface area contributed by atoms with Gasteiger partial charge < -0.3 is 9.64 Å². The maximum absolute atomic E-state index is 11.7. The molecular weight excluding hydrogens is 184 g/mol. The van der Waals surface area contributed by atoms with Crippen molar-refractivity contribution in [2.24, 2.45) is 0 Å². The van der Waals surface area contributed by atoms with Crippen LogP contribution in [0.4, 0.5) is 14.7 Å². The molecule has 0 saturated carbocycles. The summed E-state index contributed by atoms with van der Waals surface area (Å²) in [5.41, 5.74) is 0. The largest absolute Gasteiger partial charge is 0.345 e. The van der Waals surface area contributed by atoms with Crippen LogP contribution in [0.3, 0.4) is 0 Å². The van der Waals surface area contributed by atoms with E-state index in [-0.39, 0.29) is 0 Å². The van der Waals surface area contributed by atoms with Gasteiger partial charge in [-0.05, 0) is 5.21 Å². The molecule has 1 aromatic rings. The summed E-state index contributed by atoms with van der Waals surface area (Å²) >= 11 is 0. The number of tetrazole rings is 1. The summed E-state index contributed by atoms with van der Waals surface area (Å²) in [7, 11) is 0. The van der Waals surface area contributed by atoms with Crippen molar-refractivity contribution >= 4 is 5.95 Å². The van der Waals surface area contributed by atoms with Gasteiger partial charge in [0.05, 0.1) is 6.10 Å². The highest BCUT2D eigenvalue weighted by Crippen LogP contribution is 2.18. The first-order chi connectivity index (χ1) is 6.25. The summed E-state index contributed by atoms with van der Waals surface area (Å²) < 4.78 is 27.6. The lowest BCUT2D eigenvalue weighted by atomic mass is 10.2. The Labute approximate surface area is 71.9 Å². The minimum atomic E-state index is -2.71. The van der Waals surface area contributed by atoms with Crippen LogP contribution < -0.4 is 4.90 Å². The smallest absolute Gasteiger partial charge is 0.333 e. The van der Waals surface area contributed by atoms with Crippen LogP contribution in [0, 0.1) is 0 Å². The summed E-state index contributed by atoms with van der Waals surface area (Å²) in [6, 6.07) is 0. The monoisotopic (exact) mass is 191 g/mol. The molecule has 72 valence electrons. The second-order valence-electron chi connectivity index (χ2n) is 2.64. The number of hydrogen-bond acceptors (Lipinski definition) is 5. The molecule has 13 heavy (non-hydrogen) atoms. The highest BCUT2D eigenvalue weighted by Gasteiger charge is 2.32. The normalized spacial score (nSPS) is 17.9. The van der Waals surface area contributed by atoms with Gasteiger partial charge in [0, 0.05) is 13.1 Å². The molecule has 0 aromatic carbocycles. The third-order valence-electron chi connectivity index (χ3n) is 1.76. The first-order valence-corrected chi connectivity index (χ1v) is 3.67. The Hall–Kier alpha value is -1.31. The molecule has 2 heterocycles. The van der Waals surface area contributed by atoms with E-state index in [9.17, 15) is 8.78 Å². The average molecular weight is 191 g/mol. The topological polar surface area (TPSA) is 66.9 Å². The van der Waals surface area contributed by atoms with Gasteiger partial charge in [0.25, 0.3) is 5.95 Å². The number of nitrogens with zero attached hydrogens (tertiary/aromatic N) is 4. The zero-order valence-electron chi connectivity index (χ0n) is 6.52. The predicted molar refractivity (Wildman–Crippen MR) is 37.3 cm³/mol. The van der Waals surface area contributed by atoms with Gasteiger partial charge in [-0.2, -0.15) is 14.0 Å². The third kappa shape index (κ3) is 1.72. The summed E-state index contributed by atoms with van der Waals surface area (Å²) in [6.45, 7) is -1.95. The molecule has 8 heteroatoms. The van der Waals surface area contributed by atoms with E-state index in [0.717, 1.165) is 0 Å². The number of hydrogen-bond donors (Lipinski definition) is 1. The van der Waals surface area contributed by atoms with E-state index < -0.39 is 12.7 Å². The number of H-pyrrole nitrogens is 1. The molecule has 0 aliphatic carbocycles. The Balaban J connectivity index is 1.79. The molecule has 1 aliphatic rings. The van der Waals surface area contributed by atoms with Crippen LogP contribution in [0.5, 0.6) is 0 Å². The van der Waals surface area contributed by atoms with E-state index in [1.807, 2.05) is 0 Å². The minimum Gasteiger partial charge on any atom is -0.333 e. The van der Waals surface area contributed by atoms with Crippen LogP contribution in [0.1, 0.15) is 0 Å². The SMILES string of the molecule is FC(F)OC1CN(c2nn[nH]n2)C1. The maximum atomic E-state index is 11.7. The van der Waals surface area contributed by atoms with Crippen molar-refractivity contribution in [2.75, 3.05) is 18.0 Å². The third-order valence-corrected chi connectivity index (χ3v) is 1.76. The number of rotatable bonds is 3. The molecular formula is C5H7F2N5O. The van der Waals surface area contributed by atoms with Gasteiger partial charge in [-0.1, -0.05) is 5.10 Å². The number of nitrogens with one attached hydrogen (secondary N) is 1. The molecule has 2 rings (SSSR count). The second-order valence-corrected chi connectivity index (χ2v) is 2.64. The Morgan fingerprint density at radius 1 is 1.54 bits per heavy atom. The predicted octanol–water partition coefficient (Wildman–Crippen LogP) is -0.373. The van der Waals surface area contributed by atoms with E-state index >= 15 is 0 Å². The van der Waals surface area contributed by atoms with E-state index in [2.05, 4.69) is 25.4 Å². The summed E-state index contributed by atoms with van der Waals surface area (Å²) in [5, 5.41) is 13.0. The molecule has 0 unspecified atom stereocenters. The quantitative estimate of drug-likeness (QED) is 0.705.